The lowest BCUT2D eigenvalue weighted by atomic mass is 10.0. The van der Waals surface area contributed by atoms with Crippen LogP contribution in [-0.4, -0.2) is 45.3 Å². The van der Waals surface area contributed by atoms with Crippen molar-refractivity contribution in [2.45, 2.75) is 6.92 Å². The van der Waals surface area contributed by atoms with Gasteiger partial charge in [-0.15, -0.1) is 0 Å². The van der Waals surface area contributed by atoms with Crippen molar-refractivity contribution in [1.82, 2.24) is 10.2 Å². The van der Waals surface area contributed by atoms with Crippen LogP contribution in [0.3, 0.4) is 0 Å². The van der Waals surface area contributed by atoms with E-state index >= 15 is 0 Å². The molecule has 0 fully saturated rings. The number of rotatable bonds is 5. The molecule has 5 N–H and O–H groups in total. The molecule has 3 rings (SSSR count). The summed E-state index contributed by atoms with van der Waals surface area (Å²) >= 11 is 0. The number of carbonyl (C=O) groups is 2. The zero-order valence-corrected chi connectivity index (χ0v) is 15.8. The van der Waals surface area contributed by atoms with Crippen LogP contribution in [0.1, 0.15) is 26.3 Å². The maximum absolute atomic E-state index is 10.6. The van der Waals surface area contributed by atoms with Crippen LogP contribution < -0.4 is 4.72 Å². The van der Waals surface area contributed by atoms with Crippen LogP contribution in [0.4, 0.5) is 5.69 Å². The Balaban J connectivity index is 0.000000212. The molecular formula is C18H17N3O7S. The van der Waals surface area contributed by atoms with Crippen molar-refractivity contribution in [1.29, 1.82) is 0 Å². The summed E-state index contributed by atoms with van der Waals surface area (Å²) in [5.74, 6) is -2.22. The minimum absolute atomic E-state index is 0.0277. The summed E-state index contributed by atoms with van der Waals surface area (Å²) in [6, 6.07) is 12.5. The van der Waals surface area contributed by atoms with Gasteiger partial charge in [0, 0.05) is 11.8 Å². The molecule has 10 nitrogen and oxygen atoms in total. The van der Waals surface area contributed by atoms with Gasteiger partial charge in [0.2, 0.25) is 0 Å². The average Bonchev–Trinajstić information content (AvgIpc) is 3.15. The molecule has 0 atom stereocenters. The van der Waals surface area contributed by atoms with Crippen molar-refractivity contribution in [2.75, 3.05) is 4.72 Å². The Morgan fingerprint density at radius 1 is 1.00 bits per heavy atom. The first-order valence-electron chi connectivity index (χ1n) is 8.00. The van der Waals surface area contributed by atoms with E-state index in [1.807, 2.05) is 4.72 Å². The standard InChI is InChI=1S/C9H9N3O3S.C9H8O4/c13-16(14,15)12-8-3-1-2-7(6-8)9-4-5-10-11-9;1-5-6(8(10)11)3-2-4-7(5)9(12)13/h1-6,12H,(H,10,11)(H,13,14,15);2-4H,1H3,(H,10,11)(H,12,13). The smallest absolute Gasteiger partial charge is 0.357 e. The minimum atomic E-state index is -4.24. The molecule has 1 aromatic heterocycles. The Morgan fingerprint density at radius 3 is 2.07 bits per heavy atom. The van der Waals surface area contributed by atoms with E-state index in [2.05, 4.69) is 10.2 Å². The summed E-state index contributed by atoms with van der Waals surface area (Å²) in [6.45, 7) is 1.48. The van der Waals surface area contributed by atoms with Gasteiger partial charge in [-0.05, 0) is 42.8 Å². The number of aromatic nitrogens is 2. The van der Waals surface area contributed by atoms with E-state index in [9.17, 15) is 18.0 Å². The van der Waals surface area contributed by atoms with Crippen molar-refractivity contribution in [3.8, 4) is 11.3 Å². The van der Waals surface area contributed by atoms with E-state index in [0.29, 0.717) is 5.69 Å². The van der Waals surface area contributed by atoms with Crippen LogP contribution in [0, 0.1) is 6.92 Å². The maximum atomic E-state index is 10.6. The van der Waals surface area contributed by atoms with Crippen LogP contribution in [0.25, 0.3) is 11.3 Å². The molecule has 0 amide bonds. The molecule has 0 aliphatic rings. The van der Waals surface area contributed by atoms with Crippen molar-refractivity contribution >= 4 is 27.9 Å². The predicted molar refractivity (Wildman–Crippen MR) is 104 cm³/mol. The first-order valence-corrected chi connectivity index (χ1v) is 9.44. The predicted octanol–water partition coefficient (Wildman–Crippen LogP) is 2.68. The van der Waals surface area contributed by atoms with Gasteiger partial charge in [-0.3, -0.25) is 14.4 Å². The summed E-state index contributed by atoms with van der Waals surface area (Å²) in [6.07, 6.45) is 1.66. The number of carboxylic acids is 2. The molecule has 0 radical (unpaired) electrons. The van der Waals surface area contributed by atoms with E-state index in [-0.39, 0.29) is 22.4 Å². The van der Waals surface area contributed by atoms with Crippen molar-refractivity contribution in [3.05, 3.63) is 71.4 Å². The zero-order chi connectivity index (χ0) is 21.6. The summed E-state index contributed by atoms with van der Waals surface area (Å²) in [5, 5.41) is 24.0. The van der Waals surface area contributed by atoms with E-state index < -0.39 is 22.2 Å². The highest BCUT2D eigenvalue weighted by Gasteiger charge is 2.13. The summed E-state index contributed by atoms with van der Waals surface area (Å²) in [5.41, 5.74) is 2.05. The lowest BCUT2D eigenvalue weighted by molar-refractivity contribution is 0.0696. The molecule has 0 saturated heterocycles. The quantitative estimate of drug-likeness (QED) is 0.393. The normalized spacial score (nSPS) is 10.6. The zero-order valence-electron chi connectivity index (χ0n) is 15.0. The van der Waals surface area contributed by atoms with Gasteiger partial charge in [0.1, 0.15) is 0 Å². The van der Waals surface area contributed by atoms with Crippen LogP contribution >= 0.6 is 0 Å². The molecule has 3 aromatic rings. The Bertz CT molecular complexity index is 1090. The van der Waals surface area contributed by atoms with E-state index in [4.69, 9.17) is 14.8 Å². The van der Waals surface area contributed by atoms with Crippen molar-refractivity contribution in [3.63, 3.8) is 0 Å². The van der Waals surface area contributed by atoms with Crippen molar-refractivity contribution < 1.29 is 32.8 Å². The molecule has 0 aliphatic heterocycles. The Labute approximate surface area is 165 Å². The molecule has 2 aromatic carbocycles. The van der Waals surface area contributed by atoms with Crippen LogP contribution in [0.5, 0.6) is 0 Å². The second-order valence-corrected chi connectivity index (χ2v) is 6.86. The highest BCUT2D eigenvalue weighted by atomic mass is 32.2. The number of hydrogen-bond acceptors (Lipinski definition) is 5. The van der Waals surface area contributed by atoms with Gasteiger partial charge < -0.3 is 10.2 Å². The Hall–Kier alpha value is -3.70. The SMILES string of the molecule is Cc1c(C(=O)O)cccc1C(=O)O.O=S(=O)(O)Nc1cccc(-c2cc[nH]n2)c1. The molecule has 0 unspecified atom stereocenters. The highest BCUT2D eigenvalue weighted by Crippen LogP contribution is 2.20. The van der Waals surface area contributed by atoms with Gasteiger partial charge in [-0.25, -0.2) is 9.59 Å². The second kappa shape index (κ2) is 8.99. The third-order valence-corrected chi connectivity index (χ3v) is 4.19. The van der Waals surface area contributed by atoms with Gasteiger partial charge >= 0.3 is 22.2 Å². The van der Waals surface area contributed by atoms with E-state index in [1.165, 1.54) is 31.2 Å². The molecule has 0 aliphatic carbocycles. The fourth-order valence-electron chi connectivity index (χ4n) is 2.41. The number of H-pyrrole nitrogens is 1. The fourth-order valence-corrected chi connectivity index (χ4v) is 2.84. The molecule has 29 heavy (non-hydrogen) atoms. The molecule has 1 heterocycles. The minimum Gasteiger partial charge on any atom is -0.478 e. The number of anilines is 1. The number of carboxylic acid groups (broad SMARTS) is 2. The summed E-state index contributed by atoms with van der Waals surface area (Å²) in [7, 11) is -4.24. The molecule has 0 bridgehead atoms. The highest BCUT2D eigenvalue weighted by molar-refractivity contribution is 7.87. The van der Waals surface area contributed by atoms with Gasteiger partial charge in [-0.1, -0.05) is 18.2 Å². The fraction of sp³-hybridized carbons (Fsp3) is 0.0556. The number of aromatic amines is 1. The molecule has 11 heteroatoms. The lowest BCUT2D eigenvalue weighted by Crippen LogP contribution is -2.10. The number of nitrogens with one attached hydrogen (secondary N) is 2. The number of hydrogen-bond donors (Lipinski definition) is 5. The maximum Gasteiger partial charge on any atom is 0.357 e. The number of benzene rings is 2. The van der Waals surface area contributed by atoms with Gasteiger partial charge in [-0.2, -0.15) is 13.5 Å². The molecule has 152 valence electrons. The van der Waals surface area contributed by atoms with Gasteiger partial charge in [0.15, 0.2) is 0 Å². The Kier molecular flexibility index (Phi) is 6.70. The third-order valence-electron chi connectivity index (χ3n) is 3.70. The second-order valence-electron chi connectivity index (χ2n) is 5.71. The molecule has 0 spiro atoms. The van der Waals surface area contributed by atoms with E-state index in [0.717, 1.165) is 5.56 Å². The Morgan fingerprint density at radius 2 is 1.59 bits per heavy atom. The first kappa shape index (κ1) is 21.6. The van der Waals surface area contributed by atoms with Crippen LogP contribution in [0.15, 0.2) is 54.7 Å². The number of nitrogens with zero attached hydrogens (tertiary/aromatic N) is 1. The van der Waals surface area contributed by atoms with Crippen LogP contribution in [0.2, 0.25) is 0 Å². The lowest BCUT2D eigenvalue weighted by Gasteiger charge is -2.03. The molecule has 0 saturated carbocycles. The van der Waals surface area contributed by atoms with Gasteiger partial charge in [0.25, 0.3) is 0 Å². The van der Waals surface area contributed by atoms with Gasteiger partial charge in [0.05, 0.1) is 22.5 Å². The summed E-state index contributed by atoms with van der Waals surface area (Å²) < 4.78 is 31.8. The topological polar surface area (TPSA) is 170 Å². The number of aromatic carboxylic acids is 2. The summed E-state index contributed by atoms with van der Waals surface area (Å²) in [4.78, 5) is 21.2. The van der Waals surface area contributed by atoms with Crippen LogP contribution in [-0.2, 0) is 10.3 Å². The molecular weight excluding hydrogens is 402 g/mol. The van der Waals surface area contributed by atoms with Crippen molar-refractivity contribution in [2.24, 2.45) is 0 Å². The first-order chi connectivity index (χ1) is 13.6. The third kappa shape index (κ3) is 6.16. The average molecular weight is 419 g/mol. The monoisotopic (exact) mass is 419 g/mol. The largest absolute Gasteiger partial charge is 0.478 e. The van der Waals surface area contributed by atoms with E-state index in [1.54, 1.807) is 30.5 Å².